The summed E-state index contributed by atoms with van der Waals surface area (Å²) in [6.45, 7) is 5.89. The van der Waals surface area contributed by atoms with Gasteiger partial charge in [0.25, 0.3) is 0 Å². The lowest BCUT2D eigenvalue weighted by molar-refractivity contribution is -0.149. The Hall–Kier alpha value is -4.86. The van der Waals surface area contributed by atoms with Crippen molar-refractivity contribution in [1.82, 2.24) is 4.90 Å². The van der Waals surface area contributed by atoms with Gasteiger partial charge in [-0.3, -0.25) is 9.59 Å². The van der Waals surface area contributed by atoms with E-state index in [1.54, 1.807) is 55.5 Å². The highest BCUT2D eigenvalue weighted by atomic mass is 16.5. The van der Waals surface area contributed by atoms with Crippen molar-refractivity contribution in [1.29, 1.82) is 0 Å². The van der Waals surface area contributed by atoms with E-state index in [1.807, 2.05) is 6.07 Å². The summed E-state index contributed by atoms with van der Waals surface area (Å²) in [5.74, 6) is -3.59. The second kappa shape index (κ2) is 11.3. The van der Waals surface area contributed by atoms with Gasteiger partial charge in [0.1, 0.15) is 36.5 Å². The number of amides is 1. The van der Waals surface area contributed by atoms with Crippen LogP contribution in [-0.4, -0.2) is 48.5 Å². The number of esters is 3. The number of ether oxygens (including phenoxy) is 4. The van der Waals surface area contributed by atoms with Crippen molar-refractivity contribution in [2.24, 2.45) is 5.73 Å². The molecule has 2 heterocycles. The molecule has 1 atom stereocenters. The van der Waals surface area contributed by atoms with Gasteiger partial charge in [0.05, 0.1) is 12.2 Å². The third kappa shape index (κ3) is 4.76. The molecular formula is C29H28N2O8. The van der Waals surface area contributed by atoms with Crippen LogP contribution in [0.25, 0.3) is 0 Å². The largest absolute Gasteiger partial charge is 0.462 e. The van der Waals surface area contributed by atoms with Gasteiger partial charge in [0, 0.05) is 11.3 Å². The molecule has 10 nitrogen and oxygen atoms in total. The van der Waals surface area contributed by atoms with E-state index in [0.717, 1.165) is 10.5 Å². The molecule has 0 aliphatic carbocycles. The van der Waals surface area contributed by atoms with Crippen molar-refractivity contribution >= 4 is 23.8 Å². The number of nitrogens with two attached hydrogens (primary N) is 1. The lowest BCUT2D eigenvalue weighted by Crippen LogP contribution is -2.50. The molecule has 2 aromatic carbocycles. The third-order valence-electron chi connectivity index (χ3n) is 6.39. The zero-order valence-electron chi connectivity index (χ0n) is 21.6. The summed E-state index contributed by atoms with van der Waals surface area (Å²) in [7, 11) is 0. The van der Waals surface area contributed by atoms with E-state index in [4.69, 9.17) is 24.7 Å². The highest BCUT2D eigenvalue weighted by Gasteiger charge is 2.64. The Labute approximate surface area is 225 Å². The highest BCUT2D eigenvalue weighted by molar-refractivity contribution is 6.17. The normalized spacial score (nSPS) is 18.0. The lowest BCUT2D eigenvalue weighted by Gasteiger charge is -2.36. The SMILES string of the molecule is C=CCOC(=O)C1=C(C)N(CC(=O)OCc2ccccc2)C(=O)C12C(C(=O)OCC)=C(N)Oc1ccccc12. The van der Waals surface area contributed by atoms with E-state index in [9.17, 15) is 19.2 Å². The maximum absolute atomic E-state index is 14.4. The molecule has 4 rings (SSSR count). The Morgan fingerprint density at radius 1 is 1.00 bits per heavy atom. The molecule has 10 heteroatoms. The lowest BCUT2D eigenvalue weighted by atomic mass is 9.67. The molecule has 0 aromatic heterocycles. The Morgan fingerprint density at radius 2 is 1.67 bits per heavy atom. The highest BCUT2D eigenvalue weighted by Crippen LogP contribution is 2.54. The zero-order chi connectivity index (χ0) is 28.2. The van der Waals surface area contributed by atoms with E-state index in [1.165, 1.54) is 13.0 Å². The zero-order valence-corrected chi connectivity index (χ0v) is 21.6. The predicted molar refractivity (Wildman–Crippen MR) is 138 cm³/mol. The average Bonchev–Trinajstić information content (AvgIpc) is 3.13. The van der Waals surface area contributed by atoms with Gasteiger partial charge >= 0.3 is 17.9 Å². The Morgan fingerprint density at radius 3 is 2.36 bits per heavy atom. The summed E-state index contributed by atoms with van der Waals surface area (Å²) in [6.07, 6.45) is 1.37. The molecule has 2 aromatic rings. The maximum atomic E-state index is 14.4. The van der Waals surface area contributed by atoms with E-state index in [-0.39, 0.29) is 48.0 Å². The van der Waals surface area contributed by atoms with Crippen LogP contribution in [-0.2, 0) is 45.4 Å². The first kappa shape index (κ1) is 27.2. The smallest absolute Gasteiger partial charge is 0.341 e. The van der Waals surface area contributed by atoms with Crippen molar-refractivity contribution in [3.8, 4) is 5.75 Å². The quantitative estimate of drug-likeness (QED) is 0.294. The summed E-state index contributed by atoms with van der Waals surface area (Å²) in [6, 6.07) is 15.4. The van der Waals surface area contributed by atoms with Crippen molar-refractivity contribution in [2.75, 3.05) is 19.8 Å². The van der Waals surface area contributed by atoms with E-state index < -0.39 is 41.7 Å². The molecule has 0 bridgehead atoms. The number of hydrogen-bond donors (Lipinski definition) is 1. The second-order valence-corrected chi connectivity index (χ2v) is 8.69. The monoisotopic (exact) mass is 532 g/mol. The van der Waals surface area contributed by atoms with Crippen LogP contribution in [0.4, 0.5) is 0 Å². The summed E-state index contributed by atoms with van der Waals surface area (Å²) in [5.41, 5.74) is 4.59. The fraction of sp³-hybridized carbons (Fsp3) is 0.241. The van der Waals surface area contributed by atoms with E-state index in [2.05, 4.69) is 6.58 Å². The number of fused-ring (bicyclic) bond motifs is 2. The molecule has 0 radical (unpaired) electrons. The summed E-state index contributed by atoms with van der Waals surface area (Å²) in [5, 5.41) is 0. The number of carbonyl (C=O) groups excluding carboxylic acids is 4. The molecule has 2 aliphatic rings. The molecule has 0 saturated heterocycles. The number of allylic oxidation sites excluding steroid dienone is 1. The van der Waals surface area contributed by atoms with Crippen LogP contribution in [0.2, 0.25) is 0 Å². The van der Waals surface area contributed by atoms with Crippen LogP contribution in [0.1, 0.15) is 25.0 Å². The van der Waals surface area contributed by atoms with Crippen LogP contribution in [0.3, 0.4) is 0 Å². The first-order valence-electron chi connectivity index (χ1n) is 12.2. The van der Waals surface area contributed by atoms with Crippen molar-refractivity contribution in [3.05, 3.63) is 101 Å². The molecule has 202 valence electrons. The predicted octanol–water partition coefficient (Wildman–Crippen LogP) is 2.64. The fourth-order valence-corrected chi connectivity index (χ4v) is 4.77. The number of carbonyl (C=O) groups is 4. The van der Waals surface area contributed by atoms with Gasteiger partial charge in [-0.25, -0.2) is 9.59 Å². The number of nitrogens with zero attached hydrogens (tertiary/aromatic N) is 1. The first-order valence-corrected chi connectivity index (χ1v) is 12.2. The van der Waals surface area contributed by atoms with Crippen LogP contribution in [0, 0.1) is 0 Å². The van der Waals surface area contributed by atoms with E-state index in [0.29, 0.717) is 0 Å². The minimum absolute atomic E-state index is 0.0125. The van der Waals surface area contributed by atoms with Gasteiger partial charge < -0.3 is 29.6 Å². The molecule has 1 unspecified atom stereocenters. The molecule has 39 heavy (non-hydrogen) atoms. The standard InChI is InChI=1S/C29H28N2O8/c1-4-15-37-26(33)23-18(3)31(16-22(32)38-17-19-11-7-6-8-12-19)28(35)29(23)20-13-9-10-14-21(20)39-25(30)24(29)27(34)36-5-2/h4,6-14H,1,5,15-17,30H2,2-3H3. The number of rotatable bonds is 9. The van der Waals surface area contributed by atoms with Gasteiger partial charge in [-0.15, -0.1) is 0 Å². The Kier molecular flexibility index (Phi) is 7.85. The second-order valence-electron chi connectivity index (χ2n) is 8.69. The molecule has 2 aliphatic heterocycles. The van der Waals surface area contributed by atoms with Gasteiger partial charge in [0.2, 0.25) is 11.8 Å². The first-order chi connectivity index (χ1) is 18.8. The minimum Gasteiger partial charge on any atom is -0.462 e. The maximum Gasteiger partial charge on any atom is 0.341 e. The molecular weight excluding hydrogens is 504 g/mol. The van der Waals surface area contributed by atoms with Crippen LogP contribution < -0.4 is 10.5 Å². The number of benzene rings is 2. The van der Waals surface area contributed by atoms with Gasteiger partial charge in [-0.1, -0.05) is 61.2 Å². The van der Waals surface area contributed by atoms with Gasteiger partial charge in [-0.2, -0.15) is 0 Å². The van der Waals surface area contributed by atoms with Crippen molar-refractivity contribution in [3.63, 3.8) is 0 Å². The van der Waals surface area contributed by atoms with Crippen LogP contribution >= 0.6 is 0 Å². The Bertz CT molecular complexity index is 1400. The average molecular weight is 533 g/mol. The summed E-state index contributed by atoms with van der Waals surface area (Å²) in [4.78, 5) is 55.2. The summed E-state index contributed by atoms with van der Waals surface area (Å²) < 4.78 is 21.7. The Balaban J connectivity index is 1.84. The molecule has 0 fully saturated rings. The number of hydrogen-bond acceptors (Lipinski definition) is 9. The third-order valence-corrected chi connectivity index (χ3v) is 6.39. The van der Waals surface area contributed by atoms with Gasteiger partial charge in [-0.05, 0) is 25.5 Å². The van der Waals surface area contributed by atoms with Crippen LogP contribution in [0.5, 0.6) is 5.75 Å². The molecule has 0 saturated carbocycles. The minimum atomic E-state index is -2.09. The van der Waals surface area contributed by atoms with Gasteiger partial charge in [0.15, 0.2) is 0 Å². The number of para-hydroxylation sites is 1. The van der Waals surface area contributed by atoms with E-state index >= 15 is 0 Å². The topological polar surface area (TPSA) is 134 Å². The van der Waals surface area contributed by atoms with Crippen LogP contribution in [0.15, 0.2) is 90.0 Å². The molecule has 2 N–H and O–H groups in total. The van der Waals surface area contributed by atoms with Crippen molar-refractivity contribution in [2.45, 2.75) is 25.9 Å². The molecule has 1 spiro atoms. The fourth-order valence-electron chi connectivity index (χ4n) is 4.77. The summed E-state index contributed by atoms with van der Waals surface area (Å²) >= 11 is 0. The van der Waals surface area contributed by atoms with Crippen molar-refractivity contribution < 1.29 is 38.1 Å². The molecule has 1 amide bonds.